The molecule has 2 aromatic heterocycles. The van der Waals surface area contributed by atoms with E-state index in [-0.39, 0.29) is 23.2 Å². The standard InChI is InChI=1S/C17H17N3O2S/c1-9-15(23-11(3)18-9)10(2)19-17(22)14-8-12-6-4-5-7-13(12)16(21)20-14/h4-8,10H,1-3H3,(H,19,22)(H,20,21). The minimum Gasteiger partial charge on any atom is -0.343 e. The fourth-order valence-electron chi connectivity index (χ4n) is 2.62. The Morgan fingerprint density at radius 3 is 2.74 bits per heavy atom. The third-order valence-corrected chi connectivity index (χ3v) is 4.93. The number of fused-ring (bicyclic) bond motifs is 1. The first-order valence-corrected chi connectivity index (χ1v) is 8.14. The third kappa shape index (κ3) is 3.03. The number of aromatic nitrogens is 2. The van der Waals surface area contributed by atoms with Crippen LogP contribution in [-0.4, -0.2) is 15.9 Å². The largest absolute Gasteiger partial charge is 0.343 e. The number of carbonyl (C=O) groups excluding carboxylic acids is 1. The van der Waals surface area contributed by atoms with E-state index < -0.39 is 0 Å². The summed E-state index contributed by atoms with van der Waals surface area (Å²) in [7, 11) is 0. The van der Waals surface area contributed by atoms with Crippen molar-refractivity contribution in [1.82, 2.24) is 15.3 Å². The van der Waals surface area contributed by atoms with Gasteiger partial charge in [-0.15, -0.1) is 11.3 Å². The van der Waals surface area contributed by atoms with Gasteiger partial charge in [-0.25, -0.2) is 4.98 Å². The molecule has 0 aliphatic rings. The molecule has 1 unspecified atom stereocenters. The summed E-state index contributed by atoms with van der Waals surface area (Å²) in [5, 5.41) is 5.21. The predicted octanol–water partition coefficient (Wildman–Crippen LogP) is 3.09. The van der Waals surface area contributed by atoms with Gasteiger partial charge in [-0.1, -0.05) is 18.2 Å². The first kappa shape index (κ1) is 15.4. The van der Waals surface area contributed by atoms with Crippen LogP contribution < -0.4 is 10.9 Å². The van der Waals surface area contributed by atoms with E-state index in [4.69, 9.17) is 0 Å². The lowest BCUT2D eigenvalue weighted by molar-refractivity contribution is 0.0935. The average Bonchev–Trinajstić information content (AvgIpc) is 2.86. The Balaban J connectivity index is 1.89. The van der Waals surface area contributed by atoms with Crippen molar-refractivity contribution >= 4 is 28.0 Å². The van der Waals surface area contributed by atoms with Crippen LogP contribution in [0.4, 0.5) is 0 Å². The molecule has 1 atom stereocenters. The van der Waals surface area contributed by atoms with Crippen LogP contribution in [0.2, 0.25) is 0 Å². The SMILES string of the molecule is Cc1nc(C)c(C(C)NC(=O)c2cc3ccccc3c(=O)[nH]2)s1. The van der Waals surface area contributed by atoms with Gasteiger partial charge in [0.2, 0.25) is 0 Å². The second-order valence-corrected chi connectivity index (χ2v) is 6.71. The number of nitrogens with one attached hydrogen (secondary N) is 2. The van der Waals surface area contributed by atoms with Gasteiger partial charge in [0.1, 0.15) is 5.69 Å². The molecule has 0 spiro atoms. The summed E-state index contributed by atoms with van der Waals surface area (Å²) in [5.41, 5.74) is 0.928. The summed E-state index contributed by atoms with van der Waals surface area (Å²) in [6, 6.07) is 8.74. The smallest absolute Gasteiger partial charge is 0.268 e. The number of carbonyl (C=O) groups is 1. The van der Waals surface area contributed by atoms with Crippen LogP contribution in [0.15, 0.2) is 35.1 Å². The first-order valence-electron chi connectivity index (χ1n) is 7.32. The molecule has 0 aliphatic heterocycles. The zero-order chi connectivity index (χ0) is 16.6. The Kier molecular flexibility index (Phi) is 4.00. The van der Waals surface area contributed by atoms with Crippen molar-refractivity contribution in [2.75, 3.05) is 0 Å². The van der Waals surface area contributed by atoms with E-state index in [0.29, 0.717) is 5.39 Å². The van der Waals surface area contributed by atoms with E-state index in [1.165, 1.54) is 0 Å². The zero-order valence-corrected chi connectivity index (χ0v) is 14.0. The molecule has 1 amide bonds. The van der Waals surface area contributed by atoms with Gasteiger partial charge in [0.15, 0.2) is 0 Å². The highest BCUT2D eigenvalue weighted by molar-refractivity contribution is 7.11. The number of thiazole rings is 1. The van der Waals surface area contributed by atoms with E-state index in [2.05, 4.69) is 15.3 Å². The number of hydrogen-bond donors (Lipinski definition) is 2. The van der Waals surface area contributed by atoms with Crippen molar-refractivity contribution in [1.29, 1.82) is 0 Å². The highest BCUT2D eigenvalue weighted by Crippen LogP contribution is 2.24. The number of nitrogens with zero attached hydrogens (tertiary/aromatic N) is 1. The molecule has 5 nitrogen and oxygen atoms in total. The molecule has 2 N–H and O–H groups in total. The molecule has 0 saturated carbocycles. The van der Waals surface area contributed by atoms with E-state index in [1.54, 1.807) is 29.5 Å². The Bertz CT molecular complexity index is 942. The number of benzene rings is 1. The van der Waals surface area contributed by atoms with Crippen molar-refractivity contribution in [3.63, 3.8) is 0 Å². The molecule has 118 valence electrons. The quantitative estimate of drug-likeness (QED) is 0.776. The van der Waals surface area contributed by atoms with Gasteiger partial charge in [0, 0.05) is 10.3 Å². The second kappa shape index (κ2) is 5.96. The normalized spacial score (nSPS) is 12.3. The number of aromatic amines is 1. The lowest BCUT2D eigenvalue weighted by Crippen LogP contribution is -2.29. The van der Waals surface area contributed by atoms with Crippen LogP contribution in [0, 0.1) is 13.8 Å². The number of rotatable bonds is 3. The first-order chi connectivity index (χ1) is 11.0. The van der Waals surface area contributed by atoms with Gasteiger partial charge in [-0.2, -0.15) is 0 Å². The maximum absolute atomic E-state index is 12.4. The fraction of sp³-hybridized carbons (Fsp3) is 0.235. The Morgan fingerprint density at radius 2 is 2.04 bits per heavy atom. The Morgan fingerprint density at radius 1 is 1.30 bits per heavy atom. The predicted molar refractivity (Wildman–Crippen MR) is 92.0 cm³/mol. The fourth-order valence-corrected chi connectivity index (χ4v) is 3.55. The maximum atomic E-state index is 12.4. The summed E-state index contributed by atoms with van der Waals surface area (Å²) < 4.78 is 0. The highest BCUT2D eigenvalue weighted by atomic mass is 32.1. The Hall–Kier alpha value is -2.47. The summed E-state index contributed by atoms with van der Waals surface area (Å²) in [6.45, 7) is 5.78. The molecule has 3 aromatic rings. The van der Waals surface area contributed by atoms with Crippen molar-refractivity contribution in [3.05, 3.63) is 62.0 Å². The van der Waals surface area contributed by atoms with Gasteiger partial charge < -0.3 is 10.3 Å². The molecule has 0 aliphatic carbocycles. The van der Waals surface area contributed by atoms with Crippen LogP contribution in [0.25, 0.3) is 10.8 Å². The van der Waals surface area contributed by atoms with Gasteiger partial charge in [-0.05, 0) is 38.3 Å². The van der Waals surface area contributed by atoms with Crippen LogP contribution in [-0.2, 0) is 0 Å². The van der Waals surface area contributed by atoms with Crippen LogP contribution in [0.3, 0.4) is 0 Å². The minimum atomic E-state index is -0.300. The second-order valence-electron chi connectivity index (χ2n) is 5.48. The molecule has 6 heteroatoms. The zero-order valence-electron chi connectivity index (χ0n) is 13.1. The van der Waals surface area contributed by atoms with E-state index in [0.717, 1.165) is 21.0 Å². The molecule has 0 saturated heterocycles. The lowest BCUT2D eigenvalue weighted by atomic mass is 10.1. The Labute approximate surface area is 137 Å². The van der Waals surface area contributed by atoms with Crippen molar-refractivity contribution < 1.29 is 4.79 Å². The topological polar surface area (TPSA) is 74.8 Å². The minimum absolute atomic E-state index is 0.163. The lowest BCUT2D eigenvalue weighted by Gasteiger charge is -2.13. The maximum Gasteiger partial charge on any atom is 0.268 e. The molecule has 1 aromatic carbocycles. The number of aryl methyl sites for hydroxylation is 2. The monoisotopic (exact) mass is 327 g/mol. The van der Waals surface area contributed by atoms with Crippen LogP contribution in [0.5, 0.6) is 0 Å². The average molecular weight is 327 g/mol. The van der Waals surface area contributed by atoms with E-state index in [1.807, 2.05) is 32.9 Å². The summed E-state index contributed by atoms with van der Waals surface area (Å²) in [4.78, 5) is 32.6. The molecule has 0 fully saturated rings. The van der Waals surface area contributed by atoms with Gasteiger partial charge in [-0.3, -0.25) is 9.59 Å². The molecular weight excluding hydrogens is 310 g/mol. The summed E-state index contributed by atoms with van der Waals surface area (Å²) in [5.74, 6) is -0.300. The molecule has 0 radical (unpaired) electrons. The molecule has 2 heterocycles. The number of amides is 1. The van der Waals surface area contributed by atoms with Gasteiger partial charge >= 0.3 is 0 Å². The van der Waals surface area contributed by atoms with Crippen molar-refractivity contribution in [2.24, 2.45) is 0 Å². The van der Waals surface area contributed by atoms with E-state index in [9.17, 15) is 9.59 Å². The number of hydrogen-bond acceptors (Lipinski definition) is 4. The summed E-state index contributed by atoms with van der Waals surface area (Å²) in [6.07, 6.45) is 0. The third-order valence-electron chi connectivity index (χ3n) is 3.68. The molecule has 3 rings (SSSR count). The number of H-pyrrole nitrogens is 1. The van der Waals surface area contributed by atoms with Crippen molar-refractivity contribution in [2.45, 2.75) is 26.8 Å². The number of pyridine rings is 1. The highest BCUT2D eigenvalue weighted by Gasteiger charge is 2.17. The van der Waals surface area contributed by atoms with E-state index >= 15 is 0 Å². The molecule has 0 bridgehead atoms. The van der Waals surface area contributed by atoms with Gasteiger partial charge in [0.25, 0.3) is 11.5 Å². The van der Waals surface area contributed by atoms with Crippen molar-refractivity contribution in [3.8, 4) is 0 Å². The van der Waals surface area contributed by atoms with Crippen LogP contribution in [0.1, 0.15) is 39.0 Å². The summed E-state index contributed by atoms with van der Waals surface area (Å²) >= 11 is 1.57. The van der Waals surface area contributed by atoms with Crippen LogP contribution >= 0.6 is 11.3 Å². The van der Waals surface area contributed by atoms with Gasteiger partial charge in [0.05, 0.1) is 16.7 Å². The molecule has 23 heavy (non-hydrogen) atoms. The molecular formula is C17H17N3O2S.